The van der Waals surface area contributed by atoms with E-state index in [1.165, 1.54) is 76.4 Å². The van der Waals surface area contributed by atoms with E-state index in [0.717, 1.165) is 25.7 Å². The van der Waals surface area contributed by atoms with Crippen molar-refractivity contribution < 1.29 is 14.3 Å². The lowest BCUT2D eigenvalue weighted by atomic mass is 10.1. The van der Waals surface area contributed by atoms with Crippen LogP contribution in [0.25, 0.3) is 0 Å². The van der Waals surface area contributed by atoms with E-state index in [2.05, 4.69) is 12.2 Å². The molecule has 0 aromatic heterocycles. The highest BCUT2D eigenvalue weighted by molar-refractivity contribution is 5.94. The van der Waals surface area contributed by atoms with Crippen LogP contribution in [-0.4, -0.2) is 25.0 Å². The minimum absolute atomic E-state index is 0.212. The summed E-state index contributed by atoms with van der Waals surface area (Å²) < 4.78 is 5.03. The van der Waals surface area contributed by atoms with Crippen LogP contribution < -0.4 is 5.32 Å². The molecular weight excluding hydrogens is 326 g/mol. The van der Waals surface area contributed by atoms with Gasteiger partial charge < -0.3 is 10.1 Å². The van der Waals surface area contributed by atoms with Gasteiger partial charge in [0.05, 0.1) is 6.61 Å². The monoisotopic (exact) mass is 365 g/mol. The number of carbonyl (C=O) groups excluding carboxylic acids is 2. The summed E-state index contributed by atoms with van der Waals surface area (Å²) >= 11 is 0. The van der Waals surface area contributed by atoms with Gasteiger partial charge >= 0.3 is 5.97 Å². The summed E-state index contributed by atoms with van der Waals surface area (Å²) in [5.74, 6) is -0.0826. The molecule has 1 N–H and O–H groups in total. The molecule has 1 aliphatic rings. The summed E-state index contributed by atoms with van der Waals surface area (Å²) in [7, 11) is 0. The van der Waals surface area contributed by atoms with Crippen LogP contribution in [0.3, 0.4) is 0 Å². The van der Waals surface area contributed by atoms with E-state index in [-0.39, 0.29) is 5.91 Å². The second kappa shape index (κ2) is 15.9. The van der Waals surface area contributed by atoms with Crippen molar-refractivity contribution in [1.29, 1.82) is 0 Å². The van der Waals surface area contributed by atoms with Crippen LogP contribution in [0.2, 0.25) is 0 Å². The van der Waals surface area contributed by atoms with Crippen molar-refractivity contribution in [3.8, 4) is 0 Å². The molecule has 0 atom stereocenters. The van der Waals surface area contributed by atoms with Gasteiger partial charge in [0.2, 0.25) is 5.91 Å². The lowest BCUT2D eigenvalue weighted by molar-refractivity contribution is -0.138. The quantitative estimate of drug-likeness (QED) is 0.216. The van der Waals surface area contributed by atoms with Gasteiger partial charge in [-0.3, -0.25) is 4.79 Å². The Morgan fingerprint density at radius 3 is 1.92 bits per heavy atom. The van der Waals surface area contributed by atoms with E-state index < -0.39 is 5.97 Å². The Balaban J connectivity index is 1.80. The Labute approximate surface area is 160 Å². The largest absolute Gasteiger partial charge is 0.462 e. The van der Waals surface area contributed by atoms with E-state index in [1.807, 2.05) is 0 Å². The molecule has 0 aliphatic heterocycles. The van der Waals surface area contributed by atoms with Crippen LogP contribution in [0.15, 0.2) is 12.2 Å². The minimum Gasteiger partial charge on any atom is -0.462 e. The molecule has 0 aromatic rings. The SMILES string of the molecule is CCCCCCCCCCCCCCNC(=O)/C=C\C(=O)OCC1CC1. The summed E-state index contributed by atoms with van der Waals surface area (Å²) in [6.07, 6.45) is 20.5. The van der Waals surface area contributed by atoms with Crippen molar-refractivity contribution in [2.24, 2.45) is 5.92 Å². The summed E-state index contributed by atoms with van der Waals surface area (Å²) in [5, 5.41) is 2.82. The smallest absolute Gasteiger partial charge is 0.330 e. The molecule has 0 heterocycles. The fourth-order valence-corrected chi connectivity index (χ4v) is 2.91. The number of rotatable bonds is 17. The molecule has 26 heavy (non-hydrogen) atoms. The maximum absolute atomic E-state index is 11.6. The van der Waals surface area contributed by atoms with Crippen molar-refractivity contribution in [3.05, 3.63) is 12.2 Å². The maximum Gasteiger partial charge on any atom is 0.330 e. The fourth-order valence-electron chi connectivity index (χ4n) is 2.91. The maximum atomic E-state index is 11.6. The zero-order valence-electron chi connectivity index (χ0n) is 16.8. The van der Waals surface area contributed by atoms with Crippen molar-refractivity contribution in [3.63, 3.8) is 0 Å². The van der Waals surface area contributed by atoms with Crippen molar-refractivity contribution >= 4 is 11.9 Å². The highest BCUT2D eigenvalue weighted by atomic mass is 16.5. The Morgan fingerprint density at radius 1 is 0.846 bits per heavy atom. The molecule has 1 saturated carbocycles. The van der Waals surface area contributed by atoms with Gasteiger partial charge in [-0.05, 0) is 25.2 Å². The number of hydrogen-bond donors (Lipinski definition) is 1. The van der Waals surface area contributed by atoms with Crippen LogP contribution >= 0.6 is 0 Å². The first-order valence-electron chi connectivity index (χ1n) is 10.8. The molecule has 0 saturated heterocycles. The van der Waals surface area contributed by atoms with E-state index in [9.17, 15) is 9.59 Å². The molecule has 0 aromatic carbocycles. The first kappa shape index (κ1) is 22.7. The minimum atomic E-state index is -0.419. The molecule has 1 amide bonds. The Kier molecular flexibility index (Phi) is 13.9. The van der Waals surface area contributed by atoms with Crippen LogP contribution in [0.4, 0.5) is 0 Å². The average molecular weight is 366 g/mol. The Hall–Kier alpha value is -1.32. The topological polar surface area (TPSA) is 55.4 Å². The lowest BCUT2D eigenvalue weighted by Gasteiger charge is -2.04. The third kappa shape index (κ3) is 15.0. The number of amides is 1. The van der Waals surface area contributed by atoms with Gasteiger partial charge in [0.15, 0.2) is 0 Å². The van der Waals surface area contributed by atoms with Gasteiger partial charge in [0, 0.05) is 18.7 Å². The predicted molar refractivity (Wildman–Crippen MR) is 107 cm³/mol. The molecule has 1 fully saturated rings. The number of esters is 1. The Bertz CT molecular complexity index is 402. The molecule has 1 aliphatic carbocycles. The number of hydrogen-bond acceptors (Lipinski definition) is 3. The molecule has 0 bridgehead atoms. The second-order valence-corrected chi connectivity index (χ2v) is 7.59. The predicted octanol–water partition coefficient (Wildman–Crippen LogP) is 5.31. The van der Waals surface area contributed by atoms with Gasteiger partial charge in [0.1, 0.15) is 0 Å². The van der Waals surface area contributed by atoms with Crippen LogP contribution in [0, 0.1) is 5.92 Å². The molecule has 0 unspecified atom stereocenters. The van der Waals surface area contributed by atoms with E-state index >= 15 is 0 Å². The summed E-state index contributed by atoms with van der Waals surface area (Å²) in [6, 6.07) is 0. The highest BCUT2D eigenvalue weighted by Crippen LogP contribution is 2.28. The van der Waals surface area contributed by atoms with Crippen LogP contribution in [0.1, 0.15) is 96.8 Å². The Morgan fingerprint density at radius 2 is 1.38 bits per heavy atom. The lowest BCUT2D eigenvalue weighted by Crippen LogP contribution is -2.22. The zero-order valence-corrected chi connectivity index (χ0v) is 16.8. The third-order valence-electron chi connectivity index (χ3n) is 4.86. The molecule has 1 rings (SSSR count). The third-order valence-corrected chi connectivity index (χ3v) is 4.86. The van der Waals surface area contributed by atoms with Gasteiger partial charge in [-0.2, -0.15) is 0 Å². The molecular formula is C22H39NO3. The first-order chi connectivity index (χ1) is 12.7. The number of carbonyl (C=O) groups is 2. The molecule has 0 radical (unpaired) electrons. The molecule has 4 heteroatoms. The first-order valence-corrected chi connectivity index (χ1v) is 10.8. The molecule has 0 spiro atoms. The van der Waals surface area contributed by atoms with Crippen molar-refractivity contribution in [2.75, 3.05) is 13.2 Å². The zero-order chi connectivity index (χ0) is 18.9. The number of ether oxygens (including phenoxy) is 1. The van der Waals surface area contributed by atoms with Crippen LogP contribution in [0.5, 0.6) is 0 Å². The summed E-state index contributed by atoms with van der Waals surface area (Å²) in [5.41, 5.74) is 0. The normalized spacial score (nSPS) is 13.9. The van der Waals surface area contributed by atoms with Gasteiger partial charge in [-0.1, -0.05) is 77.6 Å². The van der Waals surface area contributed by atoms with Crippen molar-refractivity contribution in [2.45, 2.75) is 96.8 Å². The van der Waals surface area contributed by atoms with Gasteiger partial charge in [-0.25, -0.2) is 4.79 Å². The molecule has 4 nitrogen and oxygen atoms in total. The summed E-state index contributed by atoms with van der Waals surface area (Å²) in [4.78, 5) is 23.0. The standard InChI is InChI=1S/C22H39NO3/c1-2-3-4-5-6-7-8-9-10-11-12-13-18-23-21(24)16-17-22(25)26-19-20-14-15-20/h16-17,20H,2-15,18-19H2,1H3,(H,23,24)/b17-16-. The number of nitrogens with one attached hydrogen (secondary N) is 1. The van der Waals surface area contributed by atoms with E-state index in [4.69, 9.17) is 4.74 Å². The summed E-state index contributed by atoms with van der Waals surface area (Å²) in [6.45, 7) is 3.43. The fraction of sp³-hybridized carbons (Fsp3) is 0.818. The second-order valence-electron chi connectivity index (χ2n) is 7.59. The van der Waals surface area contributed by atoms with E-state index in [0.29, 0.717) is 19.1 Å². The average Bonchev–Trinajstić information content (AvgIpc) is 3.46. The van der Waals surface area contributed by atoms with Crippen LogP contribution in [-0.2, 0) is 14.3 Å². The highest BCUT2D eigenvalue weighted by Gasteiger charge is 2.22. The van der Waals surface area contributed by atoms with Crippen molar-refractivity contribution in [1.82, 2.24) is 5.32 Å². The van der Waals surface area contributed by atoms with Gasteiger partial charge in [0.25, 0.3) is 0 Å². The number of unbranched alkanes of at least 4 members (excludes halogenated alkanes) is 11. The van der Waals surface area contributed by atoms with E-state index in [1.54, 1.807) is 0 Å². The van der Waals surface area contributed by atoms with Gasteiger partial charge in [-0.15, -0.1) is 0 Å². The molecule has 150 valence electrons.